The molecule has 0 saturated carbocycles. The summed E-state index contributed by atoms with van der Waals surface area (Å²) >= 11 is 3.23. The highest BCUT2D eigenvalue weighted by atomic mass is 79.9. The molecule has 82 valence electrons. The Morgan fingerprint density at radius 2 is 1.87 bits per heavy atom. The summed E-state index contributed by atoms with van der Waals surface area (Å²) in [5.41, 5.74) is 1.08. The van der Waals surface area contributed by atoms with Crippen molar-refractivity contribution in [1.82, 2.24) is 0 Å². The smallest absolute Gasteiger partial charge is 0.148 e. The molecule has 15 heavy (non-hydrogen) atoms. The molecule has 0 amide bonds. The molecule has 0 spiro atoms. The highest BCUT2D eigenvalue weighted by Gasteiger charge is 2.25. The third kappa shape index (κ3) is 3.78. The number of carbonyl (C=O) groups excluding carboxylic acids is 1. The first-order valence-electron chi connectivity index (χ1n) is 5.19. The summed E-state index contributed by atoms with van der Waals surface area (Å²) in [5.74, 6) is 0.276. The van der Waals surface area contributed by atoms with Crippen molar-refractivity contribution in [3.05, 3.63) is 35.9 Å². The normalized spacial score (nSPS) is 11.4. The van der Waals surface area contributed by atoms with Crippen LogP contribution in [0.4, 0.5) is 0 Å². The van der Waals surface area contributed by atoms with Gasteiger partial charge in [-0.2, -0.15) is 0 Å². The van der Waals surface area contributed by atoms with Crippen molar-refractivity contribution in [2.75, 3.05) is 5.33 Å². The number of hydrogen-bond acceptors (Lipinski definition) is 1. The Balaban J connectivity index is 2.53. The van der Waals surface area contributed by atoms with Gasteiger partial charge < -0.3 is 0 Å². The Hall–Kier alpha value is -0.630. The van der Waals surface area contributed by atoms with Crippen molar-refractivity contribution >= 4 is 21.7 Å². The monoisotopic (exact) mass is 268 g/mol. The van der Waals surface area contributed by atoms with Gasteiger partial charge in [0.1, 0.15) is 5.78 Å². The van der Waals surface area contributed by atoms with E-state index in [0.717, 1.165) is 12.8 Å². The Morgan fingerprint density at radius 1 is 1.27 bits per heavy atom. The highest BCUT2D eigenvalue weighted by Crippen LogP contribution is 2.24. The van der Waals surface area contributed by atoms with Gasteiger partial charge in [0.15, 0.2) is 0 Å². The molecular weight excluding hydrogens is 252 g/mol. The molecule has 0 aliphatic carbocycles. The van der Waals surface area contributed by atoms with Crippen LogP contribution in [0.1, 0.15) is 25.8 Å². The zero-order valence-electron chi connectivity index (χ0n) is 9.29. The lowest BCUT2D eigenvalue weighted by Gasteiger charge is -2.21. The quantitative estimate of drug-likeness (QED) is 0.746. The zero-order valence-corrected chi connectivity index (χ0v) is 10.9. The Kier molecular flexibility index (Phi) is 4.52. The molecule has 0 unspecified atom stereocenters. The van der Waals surface area contributed by atoms with Crippen molar-refractivity contribution in [2.45, 2.75) is 26.7 Å². The van der Waals surface area contributed by atoms with Gasteiger partial charge in [-0.15, -0.1) is 0 Å². The first kappa shape index (κ1) is 12.4. The largest absolute Gasteiger partial charge is 0.298 e. The van der Waals surface area contributed by atoms with Crippen LogP contribution in [0.15, 0.2) is 30.3 Å². The van der Waals surface area contributed by atoms with Crippen LogP contribution in [0.25, 0.3) is 0 Å². The SMILES string of the molecule is CC(C)(CCc1ccccc1)C(=O)CBr. The van der Waals surface area contributed by atoms with Gasteiger partial charge in [-0.1, -0.05) is 60.1 Å². The summed E-state index contributed by atoms with van der Waals surface area (Å²) in [7, 11) is 0. The average molecular weight is 269 g/mol. The van der Waals surface area contributed by atoms with Crippen LogP contribution in [0.5, 0.6) is 0 Å². The van der Waals surface area contributed by atoms with Crippen LogP contribution in [0.2, 0.25) is 0 Å². The second-order valence-corrected chi connectivity index (χ2v) is 4.99. The number of ketones is 1. The lowest BCUT2D eigenvalue weighted by molar-refractivity contribution is -0.124. The maximum Gasteiger partial charge on any atom is 0.148 e. The molecule has 1 aromatic carbocycles. The van der Waals surface area contributed by atoms with Gasteiger partial charge in [-0.3, -0.25) is 4.79 Å². The number of hydrogen-bond donors (Lipinski definition) is 0. The predicted octanol–water partition coefficient (Wildman–Crippen LogP) is 3.61. The number of alkyl halides is 1. The summed E-state index contributed by atoms with van der Waals surface area (Å²) in [6, 6.07) is 10.3. The Morgan fingerprint density at radius 3 is 2.40 bits per heavy atom. The molecule has 0 aliphatic heterocycles. The van der Waals surface area contributed by atoms with Gasteiger partial charge in [-0.25, -0.2) is 0 Å². The predicted molar refractivity (Wildman–Crippen MR) is 67.3 cm³/mol. The van der Waals surface area contributed by atoms with E-state index in [1.54, 1.807) is 0 Å². The van der Waals surface area contributed by atoms with E-state index in [1.165, 1.54) is 5.56 Å². The van der Waals surface area contributed by atoms with E-state index < -0.39 is 0 Å². The maximum absolute atomic E-state index is 11.6. The minimum absolute atomic E-state index is 0.223. The fourth-order valence-corrected chi connectivity index (χ4v) is 2.18. The molecular formula is C13H17BrO. The van der Waals surface area contributed by atoms with E-state index in [1.807, 2.05) is 32.0 Å². The number of halogens is 1. The lowest BCUT2D eigenvalue weighted by atomic mass is 9.83. The number of aryl methyl sites for hydroxylation is 1. The van der Waals surface area contributed by atoms with E-state index in [2.05, 4.69) is 28.1 Å². The van der Waals surface area contributed by atoms with E-state index in [-0.39, 0.29) is 11.2 Å². The first-order chi connectivity index (χ1) is 7.06. The molecule has 0 saturated heterocycles. The molecule has 0 aromatic heterocycles. The van der Waals surface area contributed by atoms with Gasteiger partial charge in [0.05, 0.1) is 5.33 Å². The number of rotatable bonds is 5. The van der Waals surface area contributed by atoms with Gasteiger partial charge >= 0.3 is 0 Å². The zero-order chi connectivity index (χ0) is 11.3. The van der Waals surface area contributed by atoms with Crippen LogP contribution in [-0.4, -0.2) is 11.1 Å². The molecule has 2 heteroatoms. The van der Waals surface area contributed by atoms with Crippen LogP contribution in [0.3, 0.4) is 0 Å². The van der Waals surface area contributed by atoms with Crippen LogP contribution in [0, 0.1) is 5.41 Å². The summed E-state index contributed by atoms with van der Waals surface area (Å²) in [4.78, 5) is 11.6. The number of benzene rings is 1. The van der Waals surface area contributed by atoms with Crippen molar-refractivity contribution in [2.24, 2.45) is 5.41 Å². The standard InChI is InChI=1S/C13H17BrO/c1-13(2,12(15)10-14)9-8-11-6-4-3-5-7-11/h3-7H,8-10H2,1-2H3. The van der Waals surface area contributed by atoms with Crippen molar-refractivity contribution < 1.29 is 4.79 Å². The van der Waals surface area contributed by atoms with Crippen LogP contribution in [-0.2, 0) is 11.2 Å². The van der Waals surface area contributed by atoms with Crippen molar-refractivity contribution in [3.63, 3.8) is 0 Å². The highest BCUT2D eigenvalue weighted by molar-refractivity contribution is 9.09. The van der Waals surface area contributed by atoms with Crippen LogP contribution >= 0.6 is 15.9 Å². The molecule has 1 aromatic rings. The Bertz CT molecular complexity index is 317. The molecule has 0 N–H and O–H groups in total. The molecule has 0 bridgehead atoms. The van der Waals surface area contributed by atoms with E-state index in [0.29, 0.717) is 5.33 Å². The van der Waals surface area contributed by atoms with Gasteiger partial charge in [0.25, 0.3) is 0 Å². The summed E-state index contributed by atoms with van der Waals surface area (Å²) in [5, 5.41) is 0.453. The number of Topliss-reactive ketones (excluding diaryl/α,β-unsaturated/α-hetero) is 1. The second kappa shape index (κ2) is 5.45. The minimum atomic E-state index is -0.223. The van der Waals surface area contributed by atoms with E-state index in [4.69, 9.17) is 0 Å². The van der Waals surface area contributed by atoms with Crippen LogP contribution < -0.4 is 0 Å². The topological polar surface area (TPSA) is 17.1 Å². The van der Waals surface area contributed by atoms with Gasteiger partial charge in [-0.05, 0) is 18.4 Å². The fourth-order valence-electron chi connectivity index (χ4n) is 1.42. The molecule has 0 radical (unpaired) electrons. The molecule has 0 heterocycles. The van der Waals surface area contributed by atoms with E-state index in [9.17, 15) is 4.79 Å². The third-order valence-electron chi connectivity index (χ3n) is 2.76. The fraction of sp³-hybridized carbons (Fsp3) is 0.462. The first-order valence-corrected chi connectivity index (χ1v) is 6.31. The summed E-state index contributed by atoms with van der Waals surface area (Å²) in [6.07, 6.45) is 1.87. The Labute approximate surface area is 100 Å². The molecule has 1 rings (SSSR count). The van der Waals surface area contributed by atoms with Crippen molar-refractivity contribution in [1.29, 1.82) is 0 Å². The average Bonchev–Trinajstić information content (AvgIpc) is 2.27. The van der Waals surface area contributed by atoms with Crippen molar-refractivity contribution in [3.8, 4) is 0 Å². The summed E-state index contributed by atoms with van der Waals surface area (Å²) in [6.45, 7) is 4.03. The molecule has 1 nitrogen and oxygen atoms in total. The van der Waals surface area contributed by atoms with Gasteiger partial charge in [0, 0.05) is 5.41 Å². The molecule has 0 atom stereocenters. The molecule has 0 aliphatic rings. The lowest BCUT2D eigenvalue weighted by Crippen LogP contribution is -2.25. The number of carbonyl (C=O) groups is 1. The van der Waals surface area contributed by atoms with Gasteiger partial charge in [0.2, 0.25) is 0 Å². The van der Waals surface area contributed by atoms with E-state index >= 15 is 0 Å². The summed E-state index contributed by atoms with van der Waals surface area (Å²) < 4.78 is 0. The second-order valence-electron chi connectivity index (χ2n) is 4.43. The minimum Gasteiger partial charge on any atom is -0.298 e. The third-order valence-corrected chi connectivity index (χ3v) is 3.27. The molecule has 0 fully saturated rings. The maximum atomic E-state index is 11.6.